The Morgan fingerprint density at radius 1 is 1.12 bits per heavy atom. The largest absolute Gasteiger partial charge is 0.433 e. The van der Waals surface area contributed by atoms with E-state index in [4.69, 9.17) is 0 Å². The summed E-state index contributed by atoms with van der Waals surface area (Å²) in [7, 11) is 0. The second-order valence-corrected chi connectivity index (χ2v) is 6.21. The van der Waals surface area contributed by atoms with Crippen LogP contribution in [0, 0.1) is 13.8 Å². The van der Waals surface area contributed by atoms with Gasteiger partial charge in [-0.25, -0.2) is 14.7 Å². The number of hydrogen-bond acceptors (Lipinski definition) is 3. The standard InChI is InChI=1S/C18H16F3N3O2/c1-11-3-5-13(6-4-11)9-23-10-15(25)24(17(23)26)14-7-12(2)16(22-8-14)18(19,20)21/h3-8H,9-10H2,1-2H3. The summed E-state index contributed by atoms with van der Waals surface area (Å²) in [5, 5.41) is 0. The number of alkyl halides is 3. The molecule has 136 valence electrons. The van der Waals surface area contributed by atoms with E-state index in [2.05, 4.69) is 4.98 Å². The van der Waals surface area contributed by atoms with Crippen molar-refractivity contribution in [3.05, 3.63) is 58.9 Å². The first kappa shape index (κ1) is 17.9. The Morgan fingerprint density at radius 2 is 1.77 bits per heavy atom. The molecule has 1 aromatic carbocycles. The highest BCUT2D eigenvalue weighted by atomic mass is 19.4. The van der Waals surface area contributed by atoms with Crippen LogP contribution < -0.4 is 4.90 Å². The summed E-state index contributed by atoms with van der Waals surface area (Å²) in [5.41, 5.74) is 0.798. The Hall–Kier alpha value is -2.90. The summed E-state index contributed by atoms with van der Waals surface area (Å²) in [5.74, 6) is -0.497. The molecular formula is C18H16F3N3O2. The van der Waals surface area contributed by atoms with Crippen LogP contribution in [0.15, 0.2) is 36.5 Å². The summed E-state index contributed by atoms with van der Waals surface area (Å²) >= 11 is 0. The molecule has 2 heterocycles. The van der Waals surface area contributed by atoms with Gasteiger partial charge in [-0.2, -0.15) is 13.2 Å². The lowest BCUT2D eigenvalue weighted by Gasteiger charge is -2.18. The Kier molecular flexibility index (Phi) is 4.43. The summed E-state index contributed by atoms with van der Waals surface area (Å²) in [6.45, 7) is 3.30. The minimum Gasteiger partial charge on any atom is -0.310 e. The van der Waals surface area contributed by atoms with Gasteiger partial charge in [0.25, 0.3) is 5.91 Å². The number of pyridine rings is 1. The number of anilines is 1. The van der Waals surface area contributed by atoms with E-state index in [0.717, 1.165) is 28.3 Å². The van der Waals surface area contributed by atoms with Crippen LogP contribution in [0.4, 0.5) is 23.7 Å². The fourth-order valence-electron chi connectivity index (χ4n) is 2.82. The maximum absolute atomic E-state index is 12.8. The number of rotatable bonds is 3. The molecule has 0 aliphatic carbocycles. The quantitative estimate of drug-likeness (QED) is 0.782. The molecule has 0 N–H and O–H groups in total. The number of halogens is 3. The summed E-state index contributed by atoms with van der Waals surface area (Å²) in [6.07, 6.45) is -3.68. The molecule has 1 aromatic heterocycles. The summed E-state index contributed by atoms with van der Waals surface area (Å²) < 4.78 is 38.5. The molecule has 1 saturated heterocycles. The van der Waals surface area contributed by atoms with E-state index >= 15 is 0 Å². The monoisotopic (exact) mass is 363 g/mol. The first-order valence-electron chi connectivity index (χ1n) is 7.88. The molecule has 8 heteroatoms. The summed E-state index contributed by atoms with van der Waals surface area (Å²) in [6, 6.07) is 8.11. The maximum Gasteiger partial charge on any atom is 0.433 e. The van der Waals surface area contributed by atoms with Gasteiger partial charge in [0.1, 0.15) is 12.2 Å². The van der Waals surface area contributed by atoms with Gasteiger partial charge in [-0.15, -0.1) is 0 Å². The van der Waals surface area contributed by atoms with Crippen LogP contribution in [0.1, 0.15) is 22.4 Å². The summed E-state index contributed by atoms with van der Waals surface area (Å²) in [4.78, 5) is 30.4. The van der Waals surface area contributed by atoms with Crippen molar-refractivity contribution in [2.75, 3.05) is 11.4 Å². The fourth-order valence-corrected chi connectivity index (χ4v) is 2.82. The van der Waals surface area contributed by atoms with Crippen molar-refractivity contribution in [3.63, 3.8) is 0 Å². The lowest BCUT2D eigenvalue weighted by Crippen LogP contribution is -2.33. The van der Waals surface area contributed by atoms with Crippen LogP contribution in [0.25, 0.3) is 0 Å². The number of benzene rings is 1. The molecular weight excluding hydrogens is 347 g/mol. The molecule has 1 aliphatic heterocycles. The van der Waals surface area contributed by atoms with E-state index in [9.17, 15) is 22.8 Å². The van der Waals surface area contributed by atoms with Gasteiger partial charge >= 0.3 is 12.2 Å². The molecule has 26 heavy (non-hydrogen) atoms. The molecule has 0 bridgehead atoms. The van der Waals surface area contributed by atoms with Gasteiger partial charge in [0, 0.05) is 6.54 Å². The smallest absolute Gasteiger partial charge is 0.310 e. The van der Waals surface area contributed by atoms with Gasteiger partial charge in [-0.05, 0) is 31.0 Å². The SMILES string of the molecule is Cc1ccc(CN2CC(=O)N(c3cnc(C(F)(F)F)c(C)c3)C2=O)cc1. The van der Waals surface area contributed by atoms with E-state index in [0.29, 0.717) is 0 Å². The Balaban J connectivity index is 1.83. The van der Waals surface area contributed by atoms with Crippen molar-refractivity contribution in [1.29, 1.82) is 0 Å². The topological polar surface area (TPSA) is 53.5 Å². The molecule has 2 aromatic rings. The number of urea groups is 1. The van der Waals surface area contributed by atoms with Gasteiger partial charge in [0.05, 0.1) is 11.9 Å². The van der Waals surface area contributed by atoms with E-state index < -0.39 is 23.8 Å². The van der Waals surface area contributed by atoms with Crippen LogP contribution in [0.3, 0.4) is 0 Å². The van der Waals surface area contributed by atoms with E-state index in [1.807, 2.05) is 31.2 Å². The van der Waals surface area contributed by atoms with Crippen molar-refractivity contribution in [3.8, 4) is 0 Å². The molecule has 0 unspecified atom stereocenters. The molecule has 3 amide bonds. The van der Waals surface area contributed by atoms with Gasteiger partial charge in [0.2, 0.25) is 0 Å². The van der Waals surface area contributed by atoms with E-state index in [1.165, 1.54) is 11.8 Å². The molecule has 0 saturated carbocycles. The van der Waals surface area contributed by atoms with Gasteiger partial charge in [-0.1, -0.05) is 29.8 Å². The lowest BCUT2D eigenvalue weighted by atomic mass is 10.1. The zero-order chi connectivity index (χ0) is 19.1. The normalized spacial score (nSPS) is 15.1. The Labute approximate surface area is 148 Å². The van der Waals surface area contributed by atoms with Crippen molar-refractivity contribution in [2.45, 2.75) is 26.6 Å². The predicted octanol–water partition coefficient (Wildman–Crippen LogP) is 3.69. The number of aromatic nitrogens is 1. The molecule has 1 aliphatic rings. The molecule has 0 atom stereocenters. The van der Waals surface area contributed by atoms with Crippen molar-refractivity contribution in [1.82, 2.24) is 9.88 Å². The third-order valence-corrected chi connectivity index (χ3v) is 4.12. The molecule has 5 nitrogen and oxygen atoms in total. The third-order valence-electron chi connectivity index (χ3n) is 4.12. The number of hydrogen-bond donors (Lipinski definition) is 0. The van der Waals surface area contributed by atoms with Crippen LogP contribution in [0.5, 0.6) is 0 Å². The molecule has 0 spiro atoms. The van der Waals surface area contributed by atoms with Crippen molar-refractivity contribution in [2.24, 2.45) is 0 Å². The van der Waals surface area contributed by atoms with E-state index in [1.54, 1.807) is 0 Å². The maximum atomic E-state index is 12.8. The number of aryl methyl sites for hydroxylation is 2. The molecule has 0 radical (unpaired) electrons. The second kappa shape index (κ2) is 6.44. The number of amides is 3. The zero-order valence-electron chi connectivity index (χ0n) is 14.2. The van der Waals surface area contributed by atoms with Crippen LogP contribution in [-0.4, -0.2) is 28.4 Å². The number of nitrogens with zero attached hydrogens (tertiary/aromatic N) is 3. The van der Waals surface area contributed by atoms with Gasteiger partial charge in [0.15, 0.2) is 0 Å². The highest BCUT2D eigenvalue weighted by Gasteiger charge is 2.39. The lowest BCUT2D eigenvalue weighted by molar-refractivity contribution is -0.141. The highest BCUT2D eigenvalue weighted by molar-refractivity contribution is 6.19. The number of imide groups is 1. The minimum absolute atomic E-state index is 0.0388. The average molecular weight is 363 g/mol. The van der Waals surface area contributed by atoms with Gasteiger partial charge < -0.3 is 4.90 Å². The van der Waals surface area contributed by atoms with Crippen LogP contribution in [-0.2, 0) is 17.5 Å². The zero-order valence-corrected chi connectivity index (χ0v) is 14.2. The predicted molar refractivity (Wildman–Crippen MR) is 88.4 cm³/mol. The molecule has 3 rings (SSSR count). The van der Waals surface area contributed by atoms with Gasteiger partial charge in [-0.3, -0.25) is 4.79 Å². The third kappa shape index (κ3) is 3.40. The van der Waals surface area contributed by atoms with Crippen molar-refractivity contribution >= 4 is 17.6 Å². The Morgan fingerprint density at radius 3 is 2.35 bits per heavy atom. The van der Waals surface area contributed by atoms with Crippen LogP contribution >= 0.6 is 0 Å². The average Bonchev–Trinajstić information content (AvgIpc) is 2.82. The second-order valence-electron chi connectivity index (χ2n) is 6.21. The molecule has 1 fully saturated rings. The minimum atomic E-state index is -4.58. The van der Waals surface area contributed by atoms with Crippen LogP contribution in [0.2, 0.25) is 0 Å². The number of carbonyl (C=O) groups is 2. The highest BCUT2D eigenvalue weighted by Crippen LogP contribution is 2.32. The fraction of sp³-hybridized carbons (Fsp3) is 0.278. The first-order chi connectivity index (χ1) is 12.2. The van der Waals surface area contributed by atoms with Crippen molar-refractivity contribution < 1.29 is 22.8 Å². The van der Waals surface area contributed by atoms with E-state index in [-0.39, 0.29) is 24.3 Å². The first-order valence-corrected chi connectivity index (χ1v) is 7.88. The Bertz CT molecular complexity index is 863. The number of carbonyl (C=O) groups excluding carboxylic acids is 2.